The molecule has 0 spiro atoms. The number of hydrogen-bond acceptors (Lipinski definition) is 5. The van der Waals surface area contributed by atoms with Crippen LogP contribution in [-0.4, -0.2) is 31.5 Å². The van der Waals surface area contributed by atoms with Crippen LogP contribution in [0.4, 0.5) is 10.9 Å². The van der Waals surface area contributed by atoms with E-state index in [1.807, 2.05) is 19.0 Å². The predicted molar refractivity (Wildman–Crippen MR) is 75.1 cm³/mol. The van der Waals surface area contributed by atoms with Crippen molar-refractivity contribution < 1.29 is 4.79 Å². The molecule has 2 rings (SSSR count). The molecule has 1 aliphatic rings. The van der Waals surface area contributed by atoms with Crippen molar-refractivity contribution in [3.05, 3.63) is 4.88 Å². The summed E-state index contributed by atoms with van der Waals surface area (Å²) in [4.78, 5) is 18.6. The Morgan fingerprint density at radius 3 is 2.72 bits per heavy atom. The molecule has 18 heavy (non-hydrogen) atoms. The van der Waals surface area contributed by atoms with Crippen molar-refractivity contribution in [2.75, 3.05) is 31.3 Å². The van der Waals surface area contributed by atoms with Gasteiger partial charge < -0.3 is 16.0 Å². The van der Waals surface area contributed by atoms with Crippen LogP contribution in [-0.2, 0) is 0 Å². The number of hydrogen-bond donors (Lipinski definition) is 2. The summed E-state index contributed by atoms with van der Waals surface area (Å²) >= 11 is 1.34. The second kappa shape index (κ2) is 5.56. The summed E-state index contributed by atoms with van der Waals surface area (Å²) in [5, 5.41) is 3.73. The van der Waals surface area contributed by atoms with Crippen LogP contribution in [0, 0.1) is 5.92 Å². The summed E-state index contributed by atoms with van der Waals surface area (Å²) < 4.78 is 0. The van der Waals surface area contributed by atoms with E-state index in [1.165, 1.54) is 37.0 Å². The van der Waals surface area contributed by atoms with E-state index in [0.29, 0.717) is 16.6 Å². The number of carbonyl (C=O) groups is 1. The van der Waals surface area contributed by atoms with Crippen molar-refractivity contribution in [1.82, 2.24) is 10.3 Å². The molecule has 6 heteroatoms. The number of thiazole rings is 1. The van der Waals surface area contributed by atoms with Gasteiger partial charge in [-0.2, -0.15) is 0 Å². The molecule has 1 amide bonds. The largest absolute Gasteiger partial charge is 0.382 e. The fourth-order valence-corrected chi connectivity index (χ4v) is 3.03. The van der Waals surface area contributed by atoms with Crippen LogP contribution in [0.2, 0.25) is 0 Å². The zero-order chi connectivity index (χ0) is 13.1. The van der Waals surface area contributed by atoms with Gasteiger partial charge in [0, 0.05) is 20.6 Å². The molecule has 1 aliphatic carbocycles. The molecule has 0 unspecified atom stereocenters. The Hall–Kier alpha value is -1.30. The average molecular weight is 268 g/mol. The van der Waals surface area contributed by atoms with Gasteiger partial charge in [0.15, 0.2) is 5.13 Å². The minimum atomic E-state index is -0.0926. The lowest BCUT2D eigenvalue weighted by atomic mass is 10.1. The monoisotopic (exact) mass is 268 g/mol. The lowest BCUT2D eigenvalue weighted by Crippen LogP contribution is -2.28. The molecule has 100 valence electrons. The second-order valence-electron chi connectivity index (χ2n) is 4.97. The number of nitrogens with one attached hydrogen (secondary N) is 1. The van der Waals surface area contributed by atoms with Crippen molar-refractivity contribution in [3.63, 3.8) is 0 Å². The number of amides is 1. The molecular weight excluding hydrogens is 248 g/mol. The lowest BCUT2D eigenvalue weighted by Gasteiger charge is -2.09. The molecule has 0 atom stereocenters. The Morgan fingerprint density at radius 2 is 2.17 bits per heavy atom. The van der Waals surface area contributed by atoms with Gasteiger partial charge in [-0.25, -0.2) is 4.98 Å². The number of aromatic nitrogens is 1. The van der Waals surface area contributed by atoms with E-state index in [9.17, 15) is 4.79 Å². The van der Waals surface area contributed by atoms with E-state index in [4.69, 9.17) is 5.73 Å². The lowest BCUT2D eigenvalue weighted by molar-refractivity contribution is 0.0952. The molecule has 1 fully saturated rings. The van der Waals surface area contributed by atoms with Crippen LogP contribution < -0.4 is 16.0 Å². The molecule has 0 saturated heterocycles. The number of rotatable bonds is 4. The van der Waals surface area contributed by atoms with Gasteiger partial charge >= 0.3 is 0 Å². The molecule has 0 aromatic carbocycles. The van der Waals surface area contributed by atoms with E-state index in [0.717, 1.165) is 11.7 Å². The summed E-state index contributed by atoms with van der Waals surface area (Å²) in [6.45, 7) is 0.757. The van der Waals surface area contributed by atoms with Crippen LogP contribution in [0.5, 0.6) is 0 Å². The second-order valence-corrected chi connectivity index (χ2v) is 5.94. The molecule has 5 nitrogen and oxygen atoms in total. The summed E-state index contributed by atoms with van der Waals surface area (Å²) in [6, 6.07) is 0. The molecule has 0 bridgehead atoms. The highest BCUT2D eigenvalue weighted by atomic mass is 32.1. The van der Waals surface area contributed by atoms with Crippen molar-refractivity contribution in [2.24, 2.45) is 5.92 Å². The quantitative estimate of drug-likeness (QED) is 0.872. The molecule has 1 aromatic heterocycles. The molecular formula is C12H20N4OS. The number of nitrogens with zero attached hydrogens (tertiary/aromatic N) is 2. The summed E-state index contributed by atoms with van der Waals surface area (Å²) in [6.07, 6.45) is 5.02. The number of nitrogens with two attached hydrogens (primary N) is 1. The number of carbonyl (C=O) groups excluding carboxylic acids is 1. The molecule has 3 N–H and O–H groups in total. The Morgan fingerprint density at radius 1 is 1.50 bits per heavy atom. The van der Waals surface area contributed by atoms with E-state index in [1.54, 1.807) is 0 Å². The van der Waals surface area contributed by atoms with Crippen LogP contribution in [0.25, 0.3) is 0 Å². The van der Waals surface area contributed by atoms with Crippen LogP contribution in [0.3, 0.4) is 0 Å². The van der Waals surface area contributed by atoms with Gasteiger partial charge in [-0.15, -0.1) is 0 Å². The van der Waals surface area contributed by atoms with Gasteiger partial charge in [0.1, 0.15) is 10.7 Å². The Bertz CT molecular complexity index is 424. The van der Waals surface area contributed by atoms with Crippen LogP contribution in [0.15, 0.2) is 0 Å². The third kappa shape index (κ3) is 2.93. The highest BCUT2D eigenvalue weighted by Gasteiger charge is 2.20. The minimum absolute atomic E-state index is 0.0926. The Kier molecular flexibility index (Phi) is 4.06. The van der Waals surface area contributed by atoms with Gasteiger partial charge in [-0.3, -0.25) is 4.79 Å². The van der Waals surface area contributed by atoms with Crippen molar-refractivity contribution in [1.29, 1.82) is 0 Å². The maximum atomic E-state index is 12.0. The molecule has 0 aliphatic heterocycles. The third-order valence-corrected chi connectivity index (χ3v) is 4.49. The number of anilines is 2. The topological polar surface area (TPSA) is 71.2 Å². The Labute approximate surface area is 111 Å². The van der Waals surface area contributed by atoms with Crippen LogP contribution >= 0.6 is 11.3 Å². The Balaban J connectivity index is 1.95. The molecule has 1 saturated carbocycles. The first kappa shape index (κ1) is 13.1. The van der Waals surface area contributed by atoms with Gasteiger partial charge in [-0.05, 0) is 18.8 Å². The summed E-state index contributed by atoms with van der Waals surface area (Å²) in [7, 11) is 3.77. The first-order valence-electron chi connectivity index (χ1n) is 6.29. The summed E-state index contributed by atoms with van der Waals surface area (Å²) in [5.41, 5.74) is 5.78. The first-order valence-corrected chi connectivity index (χ1v) is 7.11. The molecule has 0 radical (unpaired) electrons. The highest BCUT2D eigenvalue weighted by Crippen LogP contribution is 2.27. The van der Waals surface area contributed by atoms with E-state index in [2.05, 4.69) is 10.3 Å². The SMILES string of the molecule is CN(C)c1nc(N)c(C(=O)NCC2CCCC2)s1. The number of nitrogen functional groups attached to an aromatic ring is 1. The van der Waals surface area contributed by atoms with E-state index < -0.39 is 0 Å². The molecule has 1 heterocycles. The van der Waals surface area contributed by atoms with Gasteiger partial charge in [0.2, 0.25) is 0 Å². The first-order chi connectivity index (χ1) is 8.58. The maximum Gasteiger partial charge on any atom is 0.265 e. The van der Waals surface area contributed by atoms with Crippen molar-refractivity contribution >= 4 is 28.2 Å². The average Bonchev–Trinajstić information content (AvgIpc) is 2.94. The molecule has 1 aromatic rings. The van der Waals surface area contributed by atoms with Gasteiger partial charge in [0.25, 0.3) is 5.91 Å². The smallest absolute Gasteiger partial charge is 0.265 e. The standard InChI is InChI=1S/C12H20N4OS/c1-16(2)12-15-10(13)9(18-12)11(17)14-7-8-5-3-4-6-8/h8H,3-7,13H2,1-2H3,(H,14,17). The maximum absolute atomic E-state index is 12.0. The van der Waals surface area contributed by atoms with Crippen molar-refractivity contribution in [3.8, 4) is 0 Å². The fourth-order valence-electron chi connectivity index (χ4n) is 2.21. The fraction of sp³-hybridized carbons (Fsp3) is 0.667. The highest BCUT2D eigenvalue weighted by molar-refractivity contribution is 7.18. The van der Waals surface area contributed by atoms with E-state index in [-0.39, 0.29) is 5.91 Å². The zero-order valence-electron chi connectivity index (χ0n) is 10.9. The summed E-state index contributed by atoms with van der Waals surface area (Å²) in [5.74, 6) is 0.869. The normalized spacial score (nSPS) is 15.9. The van der Waals surface area contributed by atoms with E-state index >= 15 is 0 Å². The minimum Gasteiger partial charge on any atom is -0.382 e. The predicted octanol–water partition coefficient (Wildman–Crippen LogP) is 1.71. The van der Waals surface area contributed by atoms with Crippen LogP contribution in [0.1, 0.15) is 35.4 Å². The van der Waals surface area contributed by atoms with Gasteiger partial charge in [0.05, 0.1) is 0 Å². The van der Waals surface area contributed by atoms with Gasteiger partial charge in [-0.1, -0.05) is 24.2 Å². The third-order valence-electron chi connectivity index (χ3n) is 3.26. The zero-order valence-corrected chi connectivity index (χ0v) is 11.7. The van der Waals surface area contributed by atoms with Crippen molar-refractivity contribution in [2.45, 2.75) is 25.7 Å².